The quantitative estimate of drug-likeness (QED) is 0.708. The van der Waals surface area contributed by atoms with Crippen LogP contribution < -0.4 is 16.4 Å². The fraction of sp³-hybridized carbons (Fsp3) is 0.529. The molecular formula is C17H24N8O. The third-order valence-corrected chi connectivity index (χ3v) is 5.25. The van der Waals surface area contributed by atoms with Gasteiger partial charge in [-0.2, -0.15) is 14.7 Å². The average molecular weight is 356 g/mol. The largest absolute Gasteiger partial charge is 0.384 e. The highest BCUT2D eigenvalue weighted by Crippen LogP contribution is 2.29. The molecule has 0 bridgehead atoms. The first kappa shape index (κ1) is 16.8. The third kappa shape index (κ3) is 2.88. The van der Waals surface area contributed by atoms with Crippen molar-refractivity contribution in [2.45, 2.75) is 30.7 Å². The number of amides is 1. The molecule has 0 aromatic carbocycles. The van der Waals surface area contributed by atoms with Gasteiger partial charge in [-0.1, -0.05) is 0 Å². The maximum absolute atomic E-state index is 11.8. The highest BCUT2D eigenvalue weighted by molar-refractivity contribution is 5.81. The van der Waals surface area contributed by atoms with E-state index >= 15 is 0 Å². The van der Waals surface area contributed by atoms with E-state index in [2.05, 4.69) is 20.8 Å². The van der Waals surface area contributed by atoms with Crippen LogP contribution in [0.4, 0.5) is 5.82 Å². The molecule has 0 radical (unpaired) electrons. The van der Waals surface area contributed by atoms with Crippen molar-refractivity contribution in [2.24, 2.45) is 5.10 Å². The van der Waals surface area contributed by atoms with Crippen molar-refractivity contribution in [3.63, 3.8) is 0 Å². The van der Waals surface area contributed by atoms with Gasteiger partial charge in [-0.05, 0) is 12.8 Å². The van der Waals surface area contributed by atoms with Gasteiger partial charge in [-0.3, -0.25) is 9.80 Å². The Hall–Kier alpha value is -2.68. The van der Waals surface area contributed by atoms with Crippen molar-refractivity contribution in [1.29, 1.82) is 0 Å². The Bertz CT molecular complexity index is 852. The first-order valence-electron chi connectivity index (χ1n) is 8.91. The van der Waals surface area contributed by atoms with E-state index in [4.69, 9.17) is 10.7 Å². The molecule has 0 spiro atoms. The van der Waals surface area contributed by atoms with Crippen LogP contribution in [0.1, 0.15) is 35.9 Å². The maximum Gasteiger partial charge on any atom is 0.236 e. The number of rotatable bonds is 3. The number of carbonyl (C=O) groups is 1. The van der Waals surface area contributed by atoms with Crippen molar-refractivity contribution in [1.82, 2.24) is 30.2 Å². The summed E-state index contributed by atoms with van der Waals surface area (Å²) in [6, 6.07) is 1.76. The number of nitrogen functional groups attached to an aromatic ring is 1. The van der Waals surface area contributed by atoms with Crippen LogP contribution in [-0.4, -0.2) is 65.0 Å². The lowest BCUT2D eigenvalue weighted by Crippen LogP contribution is -2.47. The molecule has 9 heteroatoms. The topological polar surface area (TPSA) is 113 Å². The van der Waals surface area contributed by atoms with Crippen LogP contribution in [0.2, 0.25) is 0 Å². The Morgan fingerprint density at radius 1 is 1.42 bits per heavy atom. The summed E-state index contributed by atoms with van der Waals surface area (Å²) >= 11 is 0. The Morgan fingerprint density at radius 2 is 2.27 bits per heavy atom. The van der Waals surface area contributed by atoms with Crippen molar-refractivity contribution < 1.29 is 4.79 Å². The standard InChI is InChI=1S/C17H24N8O/c1-19-17(26)13-4-3-10(6-20-13)14-5-15(18)25-16(23-14)12(8-22-25)11-7-21-24(2)9-11/h5,7-8,10-11,13,20H,3-4,6,9,18H2,1-2H3,(H,19,26)/t10-,11?,13-/m0/s1. The highest BCUT2D eigenvalue weighted by atomic mass is 16.2. The molecular weight excluding hydrogens is 332 g/mol. The number of aromatic nitrogens is 3. The molecule has 2 aliphatic rings. The van der Waals surface area contributed by atoms with Gasteiger partial charge in [0.05, 0.1) is 17.9 Å². The number of piperidine rings is 1. The highest BCUT2D eigenvalue weighted by Gasteiger charge is 2.28. The summed E-state index contributed by atoms with van der Waals surface area (Å²) in [7, 11) is 3.61. The van der Waals surface area contributed by atoms with Gasteiger partial charge in [0.25, 0.3) is 0 Å². The third-order valence-electron chi connectivity index (χ3n) is 5.25. The lowest BCUT2D eigenvalue weighted by molar-refractivity contribution is -0.123. The molecule has 26 heavy (non-hydrogen) atoms. The normalized spacial score (nSPS) is 25.8. The Morgan fingerprint density at radius 3 is 2.92 bits per heavy atom. The van der Waals surface area contributed by atoms with E-state index in [1.54, 1.807) is 11.6 Å². The van der Waals surface area contributed by atoms with Crippen LogP contribution in [0.25, 0.3) is 5.65 Å². The molecule has 1 fully saturated rings. The predicted octanol–water partition coefficient (Wildman–Crippen LogP) is -0.0921. The molecule has 4 rings (SSSR count). The summed E-state index contributed by atoms with van der Waals surface area (Å²) in [5.74, 6) is 1.01. The van der Waals surface area contributed by atoms with Gasteiger partial charge in [0.15, 0.2) is 5.65 Å². The number of fused-ring (bicyclic) bond motifs is 1. The second kappa shape index (κ2) is 6.56. The minimum atomic E-state index is -0.131. The number of hydrazone groups is 1. The summed E-state index contributed by atoms with van der Waals surface area (Å²) in [6.45, 7) is 1.52. The second-order valence-corrected chi connectivity index (χ2v) is 7.00. The lowest BCUT2D eigenvalue weighted by atomic mass is 9.91. The summed E-state index contributed by atoms with van der Waals surface area (Å²) in [6.07, 6.45) is 5.44. The molecule has 0 aliphatic carbocycles. The number of anilines is 1. The number of nitrogens with two attached hydrogens (primary N) is 1. The van der Waals surface area contributed by atoms with E-state index in [0.29, 0.717) is 12.4 Å². The maximum atomic E-state index is 11.8. The monoisotopic (exact) mass is 356 g/mol. The first-order chi connectivity index (χ1) is 12.6. The molecule has 1 saturated heterocycles. The van der Waals surface area contributed by atoms with E-state index in [9.17, 15) is 4.79 Å². The fourth-order valence-electron chi connectivity index (χ4n) is 3.75. The number of nitrogens with zero attached hydrogens (tertiary/aromatic N) is 5. The van der Waals surface area contributed by atoms with Gasteiger partial charge in [-0.25, -0.2) is 4.98 Å². The molecule has 3 atom stereocenters. The molecule has 9 nitrogen and oxygen atoms in total. The predicted molar refractivity (Wildman–Crippen MR) is 99.1 cm³/mol. The van der Waals surface area contributed by atoms with E-state index < -0.39 is 0 Å². The number of hydrogen-bond donors (Lipinski definition) is 3. The van der Waals surface area contributed by atoms with Gasteiger partial charge < -0.3 is 16.4 Å². The van der Waals surface area contributed by atoms with Crippen molar-refractivity contribution in [2.75, 3.05) is 32.9 Å². The molecule has 0 saturated carbocycles. The molecule has 4 N–H and O–H groups in total. The molecule has 1 amide bonds. The zero-order valence-electron chi connectivity index (χ0n) is 15.0. The lowest BCUT2D eigenvalue weighted by Gasteiger charge is -2.28. The SMILES string of the molecule is CNC(=O)[C@@H]1CC[C@H](c2cc(N)n3ncc(C4C=NN(C)C4)c3n2)CN1. The van der Waals surface area contributed by atoms with Crippen LogP contribution in [-0.2, 0) is 4.79 Å². The summed E-state index contributed by atoms with van der Waals surface area (Å²) in [5, 5.41) is 16.6. The molecule has 2 aromatic heterocycles. The van der Waals surface area contributed by atoms with Crippen molar-refractivity contribution in [3.8, 4) is 0 Å². The Labute approximate surface area is 151 Å². The number of hydrogen-bond acceptors (Lipinski definition) is 7. The van der Waals surface area contributed by atoms with E-state index in [1.165, 1.54) is 0 Å². The molecule has 2 aliphatic heterocycles. The molecule has 138 valence electrons. The van der Waals surface area contributed by atoms with Gasteiger partial charge in [0.1, 0.15) is 5.82 Å². The number of carbonyl (C=O) groups excluding carboxylic acids is 1. The van der Waals surface area contributed by atoms with Crippen molar-refractivity contribution in [3.05, 3.63) is 23.5 Å². The van der Waals surface area contributed by atoms with Gasteiger partial charge >= 0.3 is 0 Å². The van der Waals surface area contributed by atoms with Gasteiger partial charge in [0.2, 0.25) is 5.91 Å². The van der Waals surface area contributed by atoms with E-state index in [1.807, 2.05) is 30.5 Å². The van der Waals surface area contributed by atoms with Crippen LogP contribution in [0.5, 0.6) is 0 Å². The number of nitrogens with one attached hydrogen (secondary N) is 2. The van der Waals surface area contributed by atoms with Crippen LogP contribution in [0.15, 0.2) is 17.4 Å². The first-order valence-corrected chi connectivity index (χ1v) is 8.91. The zero-order valence-corrected chi connectivity index (χ0v) is 15.0. The average Bonchev–Trinajstić information content (AvgIpc) is 3.27. The minimum absolute atomic E-state index is 0.0362. The van der Waals surface area contributed by atoms with Crippen LogP contribution >= 0.6 is 0 Å². The smallest absolute Gasteiger partial charge is 0.236 e. The second-order valence-electron chi connectivity index (χ2n) is 7.00. The molecule has 4 heterocycles. The Balaban J connectivity index is 1.61. The number of likely N-dealkylation sites (N-methyl/N-ethyl adjacent to an activating group) is 2. The Kier molecular flexibility index (Phi) is 4.23. The van der Waals surface area contributed by atoms with E-state index in [0.717, 1.165) is 36.3 Å². The summed E-state index contributed by atoms with van der Waals surface area (Å²) in [4.78, 5) is 16.7. The van der Waals surface area contributed by atoms with Crippen LogP contribution in [0.3, 0.4) is 0 Å². The van der Waals surface area contributed by atoms with E-state index in [-0.39, 0.29) is 23.8 Å². The minimum Gasteiger partial charge on any atom is -0.384 e. The zero-order chi connectivity index (χ0) is 18.3. The molecule has 1 unspecified atom stereocenters. The molecule has 2 aromatic rings. The van der Waals surface area contributed by atoms with Crippen molar-refractivity contribution >= 4 is 23.6 Å². The fourth-order valence-corrected chi connectivity index (χ4v) is 3.75. The van der Waals surface area contributed by atoms with Crippen LogP contribution in [0, 0.1) is 0 Å². The summed E-state index contributed by atoms with van der Waals surface area (Å²) in [5.41, 5.74) is 9.01. The van der Waals surface area contributed by atoms with Gasteiger partial charge in [-0.15, -0.1) is 0 Å². The van der Waals surface area contributed by atoms with Gasteiger partial charge in [0, 0.05) is 56.9 Å². The summed E-state index contributed by atoms with van der Waals surface area (Å²) < 4.78 is 1.69.